The van der Waals surface area contributed by atoms with Gasteiger partial charge in [0.25, 0.3) is 0 Å². The number of nitrogens with zero attached hydrogens (tertiary/aromatic N) is 4. The van der Waals surface area contributed by atoms with Crippen LogP contribution in [0, 0.1) is 6.92 Å². The van der Waals surface area contributed by atoms with Gasteiger partial charge in [-0.15, -0.1) is 0 Å². The summed E-state index contributed by atoms with van der Waals surface area (Å²) in [4.78, 5) is 12.5. The van der Waals surface area contributed by atoms with E-state index in [1.807, 2.05) is 23.6 Å². The Labute approximate surface area is 144 Å². The molecule has 1 aromatic carbocycles. The SMILES string of the molecule is Cc1ccc(Cl)c(OCC(O)Cn2ccnc2-c2cnccn2)c1. The summed E-state index contributed by atoms with van der Waals surface area (Å²) in [5, 5.41) is 10.8. The lowest BCUT2D eigenvalue weighted by molar-refractivity contribution is 0.0929. The van der Waals surface area contributed by atoms with Gasteiger partial charge in [0.1, 0.15) is 24.2 Å². The zero-order valence-electron chi connectivity index (χ0n) is 13.1. The molecule has 0 aliphatic rings. The third-order valence-electron chi connectivity index (χ3n) is 3.43. The van der Waals surface area contributed by atoms with Gasteiger partial charge in [-0.05, 0) is 24.6 Å². The highest BCUT2D eigenvalue weighted by Crippen LogP contribution is 2.25. The topological polar surface area (TPSA) is 73.1 Å². The molecule has 1 atom stereocenters. The number of hydrogen-bond donors (Lipinski definition) is 1. The normalized spacial score (nSPS) is 12.1. The van der Waals surface area contributed by atoms with Crippen LogP contribution < -0.4 is 4.74 Å². The fraction of sp³-hybridized carbons (Fsp3) is 0.235. The van der Waals surface area contributed by atoms with Crippen LogP contribution in [0.25, 0.3) is 11.5 Å². The first-order valence-electron chi connectivity index (χ1n) is 7.48. The van der Waals surface area contributed by atoms with Crippen molar-refractivity contribution in [1.29, 1.82) is 0 Å². The molecule has 0 saturated heterocycles. The molecule has 0 fully saturated rings. The largest absolute Gasteiger partial charge is 0.489 e. The monoisotopic (exact) mass is 344 g/mol. The first-order valence-corrected chi connectivity index (χ1v) is 7.86. The van der Waals surface area contributed by atoms with Crippen molar-refractivity contribution < 1.29 is 9.84 Å². The van der Waals surface area contributed by atoms with Crippen molar-refractivity contribution in [3.63, 3.8) is 0 Å². The molecule has 2 heterocycles. The van der Waals surface area contributed by atoms with Gasteiger partial charge < -0.3 is 14.4 Å². The van der Waals surface area contributed by atoms with Gasteiger partial charge in [-0.2, -0.15) is 0 Å². The van der Waals surface area contributed by atoms with Gasteiger partial charge >= 0.3 is 0 Å². The van der Waals surface area contributed by atoms with Crippen LogP contribution in [0.4, 0.5) is 0 Å². The molecular formula is C17H17ClN4O2. The van der Waals surface area contributed by atoms with Crippen molar-refractivity contribution in [1.82, 2.24) is 19.5 Å². The molecule has 0 aliphatic carbocycles. The first-order chi connectivity index (χ1) is 11.6. The lowest BCUT2D eigenvalue weighted by Crippen LogP contribution is -2.24. The van der Waals surface area contributed by atoms with E-state index in [0.29, 0.717) is 28.8 Å². The third-order valence-corrected chi connectivity index (χ3v) is 3.75. The van der Waals surface area contributed by atoms with E-state index in [-0.39, 0.29) is 6.61 Å². The lowest BCUT2D eigenvalue weighted by atomic mass is 10.2. The Morgan fingerprint density at radius 2 is 2.12 bits per heavy atom. The summed E-state index contributed by atoms with van der Waals surface area (Å²) in [6, 6.07) is 5.53. The molecule has 6 nitrogen and oxygen atoms in total. The van der Waals surface area contributed by atoms with Crippen LogP contribution in [-0.4, -0.2) is 37.3 Å². The number of halogens is 1. The zero-order chi connectivity index (χ0) is 16.9. The second-order valence-corrected chi connectivity index (χ2v) is 5.80. The summed E-state index contributed by atoms with van der Waals surface area (Å²) in [5.41, 5.74) is 1.70. The fourth-order valence-electron chi connectivity index (χ4n) is 2.29. The maximum absolute atomic E-state index is 10.3. The minimum Gasteiger partial charge on any atom is -0.489 e. The Morgan fingerprint density at radius 3 is 2.92 bits per heavy atom. The summed E-state index contributed by atoms with van der Waals surface area (Å²) in [5.74, 6) is 1.21. The Morgan fingerprint density at radius 1 is 1.25 bits per heavy atom. The van der Waals surface area contributed by atoms with Crippen LogP contribution in [0.15, 0.2) is 49.2 Å². The number of benzene rings is 1. The van der Waals surface area contributed by atoms with Crippen molar-refractivity contribution in [3.05, 3.63) is 59.8 Å². The molecule has 0 aliphatic heterocycles. The fourth-order valence-corrected chi connectivity index (χ4v) is 2.46. The van der Waals surface area contributed by atoms with Gasteiger partial charge in [-0.25, -0.2) is 9.97 Å². The van der Waals surface area contributed by atoms with E-state index >= 15 is 0 Å². The van der Waals surface area contributed by atoms with Gasteiger partial charge in [0, 0.05) is 24.8 Å². The lowest BCUT2D eigenvalue weighted by Gasteiger charge is -2.15. The first kappa shape index (κ1) is 16.4. The quantitative estimate of drug-likeness (QED) is 0.744. The van der Waals surface area contributed by atoms with Crippen LogP contribution in [-0.2, 0) is 6.54 Å². The average Bonchev–Trinajstić information content (AvgIpc) is 3.04. The van der Waals surface area contributed by atoms with Crippen molar-refractivity contribution in [2.45, 2.75) is 19.6 Å². The summed E-state index contributed by atoms with van der Waals surface area (Å²) in [6.45, 7) is 2.41. The predicted octanol–water partition coefficient (Wildman–Crippen LogP) is 2.74. The molecular weight excluding hydrogens is 328 g/mol. The minimum absolute atomic E-state index is 0.126. The second kappa shape index (κ2) is 7.42. The maximum atomic E-state index is 10.3. The van der Waals surface area contributed by atoms with E-state index < -0.39 is 6.10 Å². The van der Waals surface area contributed by atoms with Crippen LogP contribution in [0.2, 0.25) is 5.02 Å². The van der Waals surface area contributed by atoms with E-state index in [2.05, 4.69) is 15.0 Å². The number of aliphatic hydroxyl groups is 1. The minimum atomic E-state index is -0.716. The molecule has 3 aromatic rings. The van der Waals surface area contributed by atoms with Gasteiger partial charge in [-0.1, -0.05) is 17.7 Å². The maximum Gasteiger partial charge on any atom is 0.160 e. The van der Waals surface area contributed by atoms with Crippen LogP contribution >= 0.6 is 11.6 Å². The zero-order valence-corrected chi connectivity index (χ0v) is 13.9. The van der Waals surface area contributed by atoms with Crippen molar-refractivity contribution in [3.8, 4) is 17.3 Å². The highest BCUT2D eigenvalue weighted by molar-refractivity contribution is 6.32. The molecule has 24 heavy (non-hydrogen) atoms. The Balaban J connectivity index is 1.65. The molecule has 0 bridgehead atoms. The molecule has 2 aromatic heterocycles. The average molecular weight is 345 g/mol. The van der Waals surface area contributed by atoms with E-state index in [1.165, 1.54) is 0 Å². The van der Waals surface area contributed by atoms with Gasteiger partial charge in [-0.3, -0.25) is 4.98 Å². The molecule has 1 unspecified atom stereocenters. The number of aliphatic hydroxyl groups excluding tert-OH is 1. The van der Waals surface area contributed by atoms with Crippen LogP contribution in [0.5, 0.6) is 5.75 Å². The number of ether oxygens (including phenoxy) is 1. The summed E-state index contributed by atoms with van der Waals surface area (Å²) < 4.78 is 7.45. The smallest absolute Gasteiger partial charge is 0.160 e. The molecule has 1 N–H and O–H groups in total. The van der Waals surface area contributed by atoms with E-state index in [1.54, 1.807) is 37.1 Å². The van der Waals surface area contributed by atoms with E-state index in [9.17, 15) is 5.11 Å². The molecule has 7 heteroatoms. The van der Waals surface area contributed by atoms with Crippen LogP contribution in [0.1, 0.15) is 5.56 Å². The Kier molecular flexibility index (Phi) is 5.08. The summed E-state index contributed by atoms with van der Waals surface area (Å²) in [7, 11) is 0. The van der Waals surface area contributed by atoms with Crippen molar-refractivity contribution in [2.75, 3.05) is 6.61 Å². The third kappa shape index (κ3) is 3.90. The van der Waals surface area contributed by atoms with Gasteiger partial charge in [0.05, 0.1) is 17.8 Å². The number of hydrogen-bond acceptors (Lipinski definition) is 5. The number of rotatable bonds is 6. The summed E-state index contributed by atoms with van der Waals surface area (Å²) >= 11 is 6.09. The molecule has 0 spiro atoms. The van der Waals surface area contributed by atoms with E-state index in [4.69, 9.17) is 16.3 Å². The molecule has 0 saturated carbocycles. The number of imidazole rings is 1. The Hall–Kier alpha value is -2.44. The van der Waals surface area contributed by atoms with Gasteiger partial charge in [0.15, 0.2) is 5.82 Å². The van der Waals surface area contributed by atoms with Crippen molar-refractivity contribution in [2.24, 2.45) is 0 Å². The number of aryl methyl sites for hydroxylation is 1. The highest BCUT2D eigenvalue weighted by Gasteiger charge is 2.13. The number of aromatic nitrogens is 4. The molecule has 124 valence electrons. The standard InChI is InChI=1S/C17H17ClN4O2/c1-12-2-3-14(18)16(8-12)24-11-13(23)10-22-7-6-21-17(22)15-9-19-4-5-20-15/h2-9,13,23H,10-11H2,1H3. The van der Waals surface area contributed by atoms with Crippen LogP contribution in [0.3, 0.4) is 0 Å². The second-order valence-electron chi connectivity index (χ2n) is 5.39. The molecule has 0 amide bonds. The summed E-state index contributed by atoms with van der Waals surface area (Å²) in [6.07, 6.45) is 7.57. The van der Waals surface area contributed by atoms with E-state index in [0.717, 1.165) is 5.56 Å². The Bertz CT molecular complexity index is 807. The van der Waals surface area contributed by atoms with Gasteiger partial charge in [0.2, 0.25) is 0 Å². The van der Waals surface area contributed by atoms with Crippen molar-refractivity contribution >= 4 is 11.6 Å². The highest BCUT2D eigenvalue weighted by atomic mass is 35.5. The molecule has 3 rings (SSSR count). The predicted molar refractivity (Wildman–Crippen MR) is 90.9 cm³/mol. The molecule has 0 radical (unpaired) electrons.